The van der Waals surface area contributed by atoms with Crippen LogP contribution < -0.4 is 11.0 Å². The van der Waals surface area contributed by atoms with Crippen LogP contribution in [0.5, 0.6) is 0 Å². The predicted octanol–water partition coefficient (Wildman–Crippen LogP) is 0.975. The Bertz CT molecular complexity index is 201. The molecule has 0 aromatic carbocycles. The van der Waals surface area contributed by atoms with Crippen LogP contribution in [0, 0.1) is 5.92 Å². The number of carboxylic acids is 1. The zero-order valence-electron chi connectivity index (χ0n) is 8.27. The first-order valence-electron chi connectivity index (χ1n) is 4.75. The van der Waals surface area contributed by atoms with Crippen LogP contribution in [0.1, 0.15) is 32.1 Å². The van der Waals surface area contributed by atoms with E-state index in [1.807, 2.05) is 0 Å². The Kier molecular flexibility index (Phi) is 8.27. The molecular weight excluding hydrogens is 376 g/mol. The second-order valence-electron chi connectivity index (χ2n) is 3.27. The molecule has 0 spiro atoms. The third kappa shape index (κ3) is 6.43. The Morgan fingerprint density at radius 2 is 2.07 bits per heavy atom. The van der Waals surface area contributed by atoms with Gasteiger partial charge in [0.25, 0.3) is 0 Å². The number of hydrogen-bond acceptors (Lipinski definition) is 4. The monoisotopic (exact) mass is 392 g/mol. The van der Waals surface area contributed by atoms with Crippen LogP contribution in [0.4, 0.5) is 0 Å². The first-order chi connectivity index (χ1) is 6.80. The fraction of sp³-hybridized carbons (Fsp3) is 0.750. The Balaban J connectivity index is 0.000000280. The molecule has 7 heteroatoms. The topological polar surface area (TPSA) is 87.8 Å². The molecule has 1 radical (unpaired) electrons. The maximum Gasteiger partial charge on any atom is 0.306 e. The largest absolute Gasteiger partial charge is 0.521 e. The summed E-state index contributed by atoms with van der Waals surface area (Å²) in [5.41, 5.74) is 8.18. The van der Waals surface area contributed by atoms with Crippen LogP contribution in [0.25, 0.3) is 5.53 Å². The van der Waals surface area contributed by atoms with Crippen molar-refractivity contribution >= 4 is 12.3 Å². The molecule has 2 aliphatic rings. The van der Waals surface area contributed by atoms with Gasteiger partial charge < -0.3 is 21.2 Å². The molecule has 89 valence electrons. The average Bonchev–Trinajstić information content (AvgIpc) is 2.77. The van der Waals surface area contributed by atoms with Gasteiger partial charge in [-0.05, 0) is 12.8 Å². The summed E-state index contributed by atoms with van der Waals surface area (Å²) >= 11 is 0. The molecule has 6 nitrogen and oxygen atoms in total. The summed E-state index contributed by atoms with van der Waals surface area (Å²) in [6, 6.07) is 0. The molecule has 1 aliphatic heterocycles. The maximum atomic E-state index is 10.4. The minimum atomic E-state index is -0.602. The van der Waals surface area contributed by atoms with Crippen LogP contribution in [0.3, 0.4) is 0 Å². The van der Waals surface area contributed by atoms with Crippen LogP contribution in [0.2, 0.25) is 0 Å². The van der Waals surface area contributed by atoms with Gasteiger partial charge in [0.05, 0.1) is 12.3 Å². The summed E-state index contributed by atoms with van der Waals surface area (Å²) < 4.78 is 0. The smallest absolute Gasteiger partial charge is 0.306 e. The van der Waals surface area contributed by atoms with Crippen molar-refractivity contribution in [2.75, 3.05) is 0 Å². The molecule has 1 heterocycles. The quantitative estimate of drug-likeness (QED) is 0.622. The molecule has 0 aromatic heterocycles. The summed E-state index contributed by atoms with van der Waals surface area (Å²) in [5.74, 6) is -0.631. The average molecular weight is 391 g/mol. The van der Waals surface area contributed by atoms with E-state index in [1.54, 1.807) is 0 Å². The van der Waals surface area contributed by atoms with Gasteiger partial charge in [-0.1, -0.05) is 19.3 Å². The number of rotatable bonds is 1. The number of carboxylic acid groups (broad SMARTS) is 1. The zero-order chi connectivity index (χ0) is 10.2. The third-order valence-electron chi connectivity index (χ3n) is 2.25. The van der Waals surface area contributed by atoms with Gasteiger partial charge in [-0.2, -0.15) is 0 Å². The summed E-state index contributed by atoms with van der Waals surface area (Å²) in [7, 11) is 0. The molecule has 0 unspecified atom stereocenters. The fourth-order valence-electron chi connectivity index (χ4n) is 1.49. The van der Waals surface area contributed by atoms with E-state index in [1.165, 1.54) is 12.8 Å². The van der Waals surface area contributed by atoms with Crippen LogP contribution in [-0.4, -0.2) is 17.4 Å². The van der Waals surface area contributed by atoms with Gasteiger partial charge in [-0.25, -0.2) is 0 Å². The SMILES string of the molecule is C1=N[N-]NN1.O=C(O)C1CCCCC1.[Ir]. The second-order valence-corrected chi connectivity index (χ2v) is 3.27. The van der Waals surface area contributed by atoms with Gasteiger partial charge in [-0.3, -0.25) is 10.3 Å². The molecule has 2 rings (SSSR count). The maximum absolute atomic E-state index is 10.4. The van der Waals surface area contributed by atoms with Crippen LogP contribution in [-0.2, 0) is 24.9 Å². The molecule has 0 aromatic rings. The number of hydrogen-bond donors (Lipinski definition) is 3. The molecule has 15 heavy (non-hydrogen) atoms. The van der Waals surface area contributed by atoms with Crippen molar-refractivity contribution in [3.05, 3.63) is 5.53 Å². The van der Waals surface area contributed by atoms with E-state index in [0.29, 0.717) is 0 Å². The van der Waals surface area contributed by atoms with Gasteiger partial charge in [0, 0.05) is 20.1 Å². The van der Waals surface area contributed by atoms with Crippen molar-refractivity contribution in [1.82, 2.24) is 11.0 Å². The van der Waals surface area contributed by atoms with Gasteiger partial charge in [-0.15, -0.1) is 0 Å². The Morgan fingerprint density at radius 3 is 2.33 bits per heavy atom. The molecule has 0 saturated heterocycles. The summed E-state index contributed by atoms with van der Waals surface area (Å²) in [4.78, 5) is 10.4. The number of carbonyl (C=O) groups is 1. The number of nitrogens with one attached hydrogen (secondary N) is 2. The van der Waals surface area contributed by atoms with Crippen molar-refractivity contribution in [2.45, 2.75) is 32.1 Å². The van der Waals surface area contributed by atoms with E-state index in [4.69, 9.17) is 5.11 Å². The van der Waals surface area contributed by atoms with E-state index < -0.39 is 5.97 Å². The fourth-order valence-corrected chi connectivity index (χ4v) is 1.49. The minimum Gasteiger partial charge on any atom is -0.521 e. The molecule has 0 atom stereocenters. The molecular formula is C8H15IrN4O2-. The van der Waals surface area contributed by atoms with E-state index in [2.05, 4.69) is 21.6 Å². The van der Waals surface area contributed by atoms with Crippen molar-refractivity contribution in [1.29, 1.82) is 0 Å². The van der Waals surface area contributed by atoms with E-state index in [-0.39, 0.29) is 26.0 Å². The molecule has 0 amide bonds. The van der Waals surface area contributed by atoms with Gasteiger partial charge in [0.2, 0.25) is 0 Å². The zero-order valence-corrected chi connectivity index (χ0v) is 10.7. The number of aliphatic carboxylic acids is 1. The number of hydrazine groups is 1. The van der Waals surface area contributed by atoms with E-state index in [9.17, 15) is 4.79 Å². The first-order valence-corrected chi connectivity index (χ1v) is 4.75. The van der Waals surface area contributed by atoms with Gasteiger partial charge >= 0.3 is 5.97 Å². The second kappa shape index (κ2) is 8.64. The van der Waals surface area contributed by atoms with E-state index >= 15 is 0 Å². The number of nitrogens with zero attached hydrogens (tertiary/aromatic N) is 2. The Labute approximate surface area is 102 Å². The van der Waals surface area contributed by atoms with Crippen molar-refractivity contribution in [3.63, 3.8) is 0 Å². The third-order valence-corrected chi connectivity index (χ3v) is 2.25. The van der Waals surface area contributed by atoms with Crippen molar-refractivity contribution in [3.8, 4) is 0 Å². The van der Waals surface area contributed by atoms with Gasteiger partial charge in [0.15, 0.2) is 0 Å². The molecule has 0 bridgehead atoms. The van der Waals surface area contributed by atoms with Crippen LogP contribution in [0.15, 0.2) is 5.10 Å². The molecule has 1 aliphatic carbocycles. The molecule has 1 fully saturated rings. The Morgan fingerprint density at radius 1 is 1.40 bits per heavy atom. The normalized spacial score (nSPS) is 18.9. The van der Waals surface area contributed by atoms with Gasteiger partial charge in [0.1, 0.15) is 0 Å². The summed E-state index contributed by atoms with van der Waals surface area (Å²) in [6.45, 7) is 0. The minimum absolute atomic E-state index is 0. The predicted molar refractivity (Wildman–Crippen MR) is 52.3 cm³/mol. The standard InChI is InChI=1S/C7H12O2.CH3N4.Ir/c8-7(9)6-4-2-1-3-5-6;1-2-4-5-3-1;/h6H,1-5H2,(H,8,9);1,4H,(H,2,3);/q;-1;. The summed E-state index contributed by atoms with van der Waals surface area (Å²) in [5, 5.41) is 11.9. The van der Waals surface area contributed by atoms with Crippen molar-refractivity contribution < 1.29 is 30.0 Å². The first kappa shape index (κ1) is 14.3. The molecule has 3 N–H and O–H groups in total. The van der Waals surface area contributed by atoms with E-state index in [0.717, 1.165) is 25.7 Å². The molecule has 1 saturated carbocycles. The van der Waals surface area contributed by atoms with Crippen molar-refractivity contribution in [2.24, 2.45) is 11.0 Å². The van der Waals surface area contributed by atoms with Crippen LogP contribution >= 0.6 is 0 Å². The Hall–Kier alpha value is -0.651. The summed E-state index contributed by atoms with van der Waals surface area (Å²) in [6.07, 6.45) is 6.70.